The summed E-state index contributed by atoms with van der Waals surface area (Å²) in [5, 5.41) is 8.63. The van der Waals surface area contributed by atoms with Crippen molar-refractivity contribution in [1.82, 2.24) is 14.7 Å². The number of nitrogens with zero attached hydrogens (tertiary/aromatic N) is 3. The Kier molecular flexibility index (Phi) is 6.21. The molecule has 0 bridgehead atoms. The number of piperidine rings is 1. The van der Waals surface area contributed by atoms with Gasteiger partial charge in [0.15, 0.2) is 5.69 Å². The number of carbonyl (C=O) groups excluding carboxylic acids is 2. The largest absolute Gasteiger partial charge is 0.339 e. The number of benzene rings is 2. The van der Waals surface area contributed by atoms with Crippen molar-refractivity contribution in [2.45, 2.75) is 26.2 Å². The van der Waals surface area contributed by atoms with E-state index in [9.17, 15) is 14.4 Å². The van der Waals surface area contributed by atoms with E-state index in [4.69, 9.17) is 0 Å². The number of fused-ring (bicyclic) bond motifs is 1. The summed E-state index contributed by atoms with van der Waals surface area (Å²) in [7, 11) is 1.53. The van der Waals surface area contributed by atoms with Crippen LogP contribution in [0.5, 0.6) is 0 Å². The number of rotatable bonds is 4. The minimum Gasteiger partial charge on any atom is -0.339 e. The molecule has 3 heterocycles. The lowest BCUT2D eigenvalue weighted by Gasteiger charge is -2.27. The Morgan fingerprint density at radius 1 is 0.943 bits per heavy atom. The Morgan fingerprint density at radius 2 is 1.60 bits per heavy atom. The molecule has 1 fully saturated rings. The number of anilines is 1. The number of aryl methyl sites for hydroxylation is 1. The van der Waals surface area contributed by atoms with Gasteiger partial charge in [-0.25, -0.2) is 4.68 Å². The quantitative estimate of drug-likeness (QED) is 0.447. The molecular formula is C27H26N4O3S. The lowest BCUT2D eigenvalue weighted by atomic mass is 10.0. The van der Waals surface area contributed by atoms with E-state index < -0.39 is 5.91 Å². The first-order valence-electron chi connectivity index (χ1n) is 11.7. The highest BCUT2D eigenvalue weighted by Crippen LogP contribution is 2.41. The Morgan fingerprint density at radius 3 is 2.31 bits per heavy atom. The zero-order valence-electron chi connectivity index (χ0n) is 19.7. The van der Waals surface area contributed by atoms with Gasteiger partial charge in [0.1, 0.15) is 5.00 Å². The van der Waals surface area contributed by atoms with Crippen molar-refractivity contribution >= 4 is 38.9 Å². The molecule has 35 heavy (non-hydrogen) atoms. The molecule has 178 valence electrons. The molecule has 0 spiro atoms. The van der Waals surface area contributed by atoms with Gasteiger partial charge >= 0.3 is 0 Å². The normalized spacial score (nSPS) is 13.7. The van der Waals surface area contributed by atoms with Crippen molar-refractivity contribution in [3.05, 3.63) is 81.8 Å². The van der Waals surface area contributed by atoms with E-state index in [2.05, 4.69) is 10.4 Å². The summed E-state index contributed by atoms with van der Waals surface area (Å²) in [6.07, 6.45) is 3.09. The Labute approximate surface area is 207 Å². The molecule has 0 aliphatic carbocycles. The van der Waals surface area contributed by atoms with Crippen molar-refractivity contribution in [2.24, 2.45) is 7.05 Å². The molecule has 1 aliphatic heterocycles. The van der Waals surface area contributed by atoms with Crippen LogP contribution in [0.25, 0.3) is 21.2 Å². The minimum atomic E-state index is -0.453. The highest BCUT2D eigenvalue weighted by molar-refractivity contribution is 7.20. The van der Waals surface area contributed by atoms with Crippen LogP contribution < -0.4 is 10.9 Å². The van der Waals surface area contributed by atoms with Crippen LogP contribution >= 0.6 is 11.3 Å². The number of nitrogens with one attached hydrogen (secondary N) is 1. The number of carbonyl (C=O) groups is 2. The van der Waals surface area contributed by atoms with Crippen LogP contribution in [0.4, 0.5) is 5.00 Å². The maximum atomic E-state index is 13.6. The fourth-order valence-electron chi connectivity index (χ4n) is 4.61. The van der Waals surface area contributed by atoms with Crippen molar-refractivity contribution in [1.29, 1.82) is 0 Å². The van der Waals surface area contributed by atoms with Gasteiger partial charge in [-0.1, -0.05) is 48.5 Å². The van der Waals surface area contributed by atoms with Crippen LogP contribution in [0.15, 0.2) is 59.4 Å². The highest BCUT2D eigenvalue weighted by atomic mass is 32.1. The SMILES string of the molecule is Cc1c(-c2ccccc2)sc(NC(=O)c2nn(C)c(=O)c3ccccc23)c1C(=O)N1CCCCC1. The van der Waals surface area contributed by atoms with Gasteiger partial charge in [0.25, 0.3) is 17.4 Å². The van der Waals surface area contributed by atoms with Crippen molar-refractivity contribution in [2.75, 3.05) is 18.4 Å². The van der Waals surface area contributed by atoms with Gasteiger partial charge in [0, 0.05) is 30.4 Å². The van der Waals surface area contributed by atoms with Gasteiger partial charge in [0.2, 0.25) is 0 Å². The third-order valence-electron chi connectivity index (χ3n) is 6.44. The third kappa shape index (κ3) is 4.25. The van der Waals surface area contributed by atoms with Gasteiger partial charge in [-0.15, -0.1) is 11.3 Å². The zero-order valence-corrected chi connectivity index (χ0v) is 20.5. The topological polar surface area (TPSA) is 84.3 Å². The summed E-state index contributed by atoms with van der Waals surface area (Å²) >= 11 is 1.39. The van der Waals surface area contributed by atoms with Crippen molar-refractivity contribution in [3.63, 3.8) is 0 Å². The van der Waals surface area contributed by atoms with Crippen LogP contribution in [0.2, 0.25) is 0 Å². The molecule has 1 N–H and O–H groups in total. The molecule has 0 saturated carbocycles. The highest BCUT2D eigenvalue weighted by Gasteiger charge is 2.28. The van der Waals surface area contributed by atoms with E-state index in [0.29, 0.717) is 21.3 Å². The summed E-state index contributed by atoms with van der Waals surface area (Å²) < 4.78 is 1.17. The summed E-state index contributed by atoms with van der Waals surface area (Å²) in [5.41, 5.74) is 2.25. The number of amides is 2. The smallest absolute Gasteiger partial charge is 0.277 e. The lowest BCUT2D eigenvalue weighted by molar-refractivity contribution is 0.0725. The van der Waals surface area contributed by atoms with E-state index in [0.717, 1.165) is 48.4 Å². The first kappa shape index (κ1) is 23.0. The minimum absolute atomic E-state index is 0.0609. The van der Waals surface area contributed by atoms with Gasteiger partial charge < -0.3 is 10.2 Å². The molecule has 5 rings (SSSR count). The zero-order chi connectivity index (χ0) is 24.5. The van der Waals surface area contributed by atoms with E-state index in [1.807, 2.05) is 42.2 Å². The second-order valence-electron chi connectivity index (χ2n) is 8.76. The van der Waals surface area contributed by atoms with E-state index in [1.165, 1.54) is 23.1 Å². The molecule has 0 atom stereocenters. The van der Waals surface area contributed by atoms with Crippen LogP contribution in [0.1, 0.15) is 45.7 Å². The average molecular weight is 487 g/mol. The second kappa shape index (κ2) is 9.46. The van der Waals surface area contributed by atoms with E-state index >= 15 is 0 Å². The molecule has 1 aliphatic rings. The number of hydrogen-bond donors (Lipinski definition) is 1. The van der Waals surface area contributed by atoms with E-state index in [-0.39, 0.29) is 17.2 Å². The molecule has 0 unspecified atom stereocenters. The fourth-order valence-corrected chi connectivity index (χ4v) is 5.81. The van der Waals surface area contributed by atoms with Crippen LogP contribution in [0, 0.1) is 6.92 Å². The number of thiophene rings is 1. The Balaban J connectivity index is 1.60. The van der Waals surface area contributed by atoms with Gasteiger partial charge in [0.05, 0.1) is 10.9 Å². The first-order valence-corrected chi connectivity index (χ1v) is 12.5. The van der Waals surface area contributed by atoms with Crippen LogP contribution in [0.3, 0.4) is 0 Å². The molecular weight excluding hydrogens is 460 g/mol. The molecule has 4 aromatic rings. The molecule has 0 radical (unpaired) electrons. The van der Waals surface area contributed by atoms with Crippen LogP contribution in [-0.2, 0) is 7.05 Å². The predicted molar refractivity (Wildman–Crippen MR) is 139 cm³/mol. The van der Waals surface area contributed by atoms with Gasteiger partial charge in [-0.3, -0.25) is 14.4 Å². The number of hydrogen-bond acceptors (Lipinski definition) is 5. The maximum Gasteiger partial charge on any atom is 0.277 e. The summed E-state index contributed by atoms with van der Waals surface area (Å²) in [4.78, 5) is 42.5. The monoisotopic (exact) mass is 486 g/mol. The molecule has 7 nitrogen and oxygen atoms in total. The summed E-state index contributed by atoms with van der Waals surface area (Å²) in [5.74, 6) is -0.514. The lowest BCUT2D eigenvalue weighted by Crippen LogP contribution is -2.36. The first-order chi connectivity index (χ1) is 17.0. The van der Waals surface area contributed by atoms with Crippen LogP contribution in [-0.4, -0.2) is 39.6 Å². The van der Waals surface area contributed by atoms with Crippen molar-refractivity contribution < 1.29 is 9.59 Å². The average Bonchev–Trinajstić information content (AvgIpc) is 3.22. The third-order valence-corrected chi connectivity index (χ3v) is 7.69. The maximum absolute atomic E-state index is 13.6. The molecule has 8 heteroatoms. The molecule has 2 amide bonds. The standard InChI is InChI=1S/C27H26N4O3S/c1-17-21(27(34)31-15-9-4-10-16-31)25(35-23(17)18-11-5-3-6-12-18)28-24(32)22-19-13-7-8-14-20(19)26(33)30(2)29-22/h3,5-8,11-14H,4,9-10,15-16H2,1-2H3,(H,28,32). The van der Waals surface area contributed by atoms with E-state index in [1.54, 1.807) is 24.3 Å². The summed E-state index contributed by atoms with van der Waals surface area (Å²) in [6, 6.07) is 16.8. The van der Waals surface area contributed by atoms with Crippen molar-refractivity contribution in [3.8, 4) is 10.4 Å². The number of likely N-dealkylation sites (tertiary alicyclic amines) is 1. The molecule has 1 saturated heterocycles. The Bertz CT molecular complexity index is 1480. The predicted octanol–water partition coefficient (Wildman–Crippen LogP) is 4.85. The molecule has 2 aromatic heterocycles. The Hall–Kier alpha value is -3.78. The fraction of sp³-hybridized carbons (Fsp3) is 0.259. The van der Waals surface area contributed by atoms with Gasteiger partial charge in [-0.05, 0) is 43.4 Å². The number of aromatic nitrogens is 2. The second-order valence-corrected chi connectivity index (χ2v) is 9.78. The van der Waals surface area contributed by atoms with Gasteiger partial charge in [-0.2, -0.15) is 5.10 Å². The summed E-state index contributed by atoms with van der Waals surface area (Å²) in [6.45, 7) is 3.37. The molecule has 2 aromatic carbocycles.